The van der Waals surface area contributed by atoms with E-state index in [2.05, 4.69) is 40.3 Å². The molecule has 1 aromatic carbocycles. The van der Waals surface area contributed by atoms with Crippen LogP contribution in [0.15, 0.2) is 35.5 Å². The summed E-state index contributed by atoms with van der Waals surface area (Å²) in [6.07, 6.45) is 1.90. The number of hydrogen-bond donors (Lipinski definition) is 1. The van der Waals surface area contributed by atoms with Crippen LogP contribution < -0.4 is 14.8 Å². The number of aromatic nitrogens is 1. The summed E-state index contributed by atoms with van der Waals surface area (Å²) in [5.74, 6) is 2.26. The van der Waals surface area contributed by atoms with Gasteiger partial charge in [-0.1, -0.05) is 17.7 Å². The molecule has 0 amide bonds. The number of aliphatic imine (C=N–C) groups is 1. The average molecular weight is 422 g/mol. The Kier molecular flexibility index (Phi) is 8.22. The minimum atomic E-state index is 0.129. The Morgan fingerprint density at radius 3 is 2.38 bits per heavy atom. The van der Waals surface area contributed by atoms with Crippen molar-refractivity contribution in [3.63, 3.8) is 0 Å². The lowest BCUT2D eigenvalue weighted by molar-refractivity contribution is 0.293. The molecule has 2 aromatic rings. The monoisotopic (exact) mass is 421 g/mol. The molecular formula is C21H32ClN5O2. The molecule has 1 atom stereocenters. The maximum atomic E-state index is 6.10. The van der Waals surface area contributed by atoms with Gasteiger partial charge in [0, 0.05) is 39.6 Å². The summed E-state index contributed by atoms with van der Waals surface area (Å²) in [5, 5.41) is 4.22. The summed E-state index contributed by atoms with van der Waals surface area (Å²) < 4.78 is 12.8. The fourth-order valence-corrected chi connectivity index (χ4v) is 3.54. The Morgan fingerprint density at radius 2 is 1.86 bits per heavy atom. The first-order valence-electron chi connectivity index (χ1n) is 9.41. The van der Waals surface area contributed by atoms with Gasteiger partial charge in [-0.2, -0.15) is 0 Å². The second kappa shape index (κ2) is 10.4. The molecule has 0 aliphatic heterocycles. The van der Waals surface area contributed by atoms with E-state index in [-0.39, 0.29) is 6.04 Å². The number of hydrogen-bond acceptors (Lipinski definition) is 4. The van der Waals surface area contributed by atoms with Crippen LogP contribution in [0.5, 0.6) is 11.5 Å². The van der Waals surface area contributed by atoms with Gasteiger partial charge in [-0.25, -0.2) is 0 Å². The Balaban J connectivity index is 2.11. The molecular weight excluding hydrogens is 390 g/mol. The predicted octanol–water partition coefficient (Wildman–Crippen LogP) is 3.01. The lowest BCUT2D eigenvalue weighted by Gasteiger charge is -2.29. The maximum absolute atomic E-state index is 6.10. The second-order valence-electron chi connectivity index (χ2n) is 7.14. The molecule has 0 spiro atoms. The van der Waals surface area contributed by atoms with Crippen LogP contribution in [0.1, 0.15) is 17.3 Å². The van der Waals surface area contributed by atoms with Crippen molar-refractivity contribution in [1.82, 2.24) is 19.7 Å². The molecule has 1 heterocycles. The highest BCUT2D eigenvalue weighted by Gasteiger charge is 2.18. The normalized spacial score (nSPS) is 12.8. The van der Waals surface area contributed by atoms with Crippen LogP contribution in [0.25, 0.3) is 0 Å². The van der Waals surface area contributed by atoms with Crippen molar-refractivity contribution >= 4 is 17.6 Å². The van der Waals surface area contributed by atoms with Crippen molar-refractivity contribution in [3.8, 4) is 11.5 Å². The van der Waals surface area contributed by atoms with E-state index in [0.29, 0.717) is 13.1 Å². The molecule has 7 nitrogen and oxygen atoms in total. The molecule has 0 aliphatic carbocycles. The Bertz CT molecular complexity index is 834. The van der Waals surface area contributed by atoms with E-state index in [0.717, 1.165) is 33.7 Å². The standard InChI is InChI=1S/C21H32ClN5O2/c1-23-21(27(5)14-17-11-16(22)13-26(17)4)24-12-18(25(2)3)15-8-9-19(28-6)20(10-15)29-7/h8-11,13,18H,12,14H2,1-7H3,(H,23,24). The van der Waals surface area contributed by atoms with Gasteiger partial charge >= 0.3 is 0 Å². The number of nitrogens with zero attached hydrogens (tertiary/aromatic N) is 4. The third-order valence-corrected chi connectivity index (χ3v) is 5.12. The maximum Gasteiger partial charge on any atom is 0.193 e. The third kappa shape index (κ3) is 5.81. The lowest BCUT2D eigenvalue weighted by atomic mass is 10.1. The van der Waals surface area contributed by atoms with Gasteiger partial charge in [-0.3, -0.25) is 4.99 Å². The van der Waals surface area contributed by atoms with Crippen molar-refractivity contribution in [2.45, 2.75) is 12.6 Å². The Labute approximate surface area is 178 Å². The molecule has 0 saturated heterocycles. The second-order valence-corrected chi connectivity index (χ2v) is 7.58. The lowest BCUT2D eigenvalue weighted by Crippen LogP contribution is -2.42. The molecule has 0 saturated carbocycles. The molecule has 0 bridgehead atoms. The minimum absolute atomic E-state index is 0.129. The van der Waals surface area contributed by atoms with Gasteiger partial charge in [-0.15, -0.1) is 0 Å². The molecule has 2 rings (SSSR count). The largest absolute Gasteiger partial charge is 0.493 e. The summed E-state index contributed by atoms with van der Waals surface area (Å²) >= 11 is 6.10. The SMILES string of the molecule is CN=C(NCC(c1ccc(OC)c(OC)c1)N(C)C)N(C)Cc1cc(Cl)cn1C. The van der Waals surface area contributed by atoms with Crippen molar-refractivity contribution < 1.29 is 9.47 Å². The zero-order chi connectivity index (χ0) is 21.6. The van der Waals surface area contributed by atoms with E-state index in [1.165, 1.54) is 0 Å². The Hall–Kier alpha value is -2.38. The van der Waals surface area contributed by atoms with Gasteiger partial charge in [0.2, 0.25) is 0 Å². The van der Waals surface area contributed by atoms with Crippen LogP contribution in [0, 0.1) is 0 Å². The molecule has 1 unspecified atom stereocenters. The smallest absolute Gasteiger partial charge is 0.193 e. The van der Waals surface area contributed by atoms with Gasteiger partial charge < -0.3 is 29.2 Å². The fraction of sp³-hybridized carbons (Fsp3) is 0.476. The van der Waals surface area contributed by atoms with Crippen molar-refractivity contribution in [1.29, 1.82) is 0 Å². The molecule has 0 radical (unpaired) electrons. The van der Waals surface area contributed by atoms with E-state index >= 15 is 0 Å². The first-order chi connectivity index (χ1) is 13.8. The number of nitrogens with one attached hydrogen (secondary N) is 1. The van der Waals surface area contributed by atoms with Crippen LogP contribution in [0.2, 0.25) is 5.02 Å². The van der Waals surface area contributed by atoms with E-state index in [9.17, 15) is 0 Å². The summed E-state index contributed by atoms with van der Waals surface area (Å²) in [6.45, 7) is 1.39. The van der Waals surface area contributed by atoms with Crippen LogP contribution in [0.4, 0.5) is 0 Å². The van der Waals surface area contributed by atoms with Gasteiger partial charge in [-0.05, 0) is 37.9 Å². The van der Waals surface area contributed by atoms with Crippen LogP contribution in [0.3, 0.4) is 0 Å². The summed E-state index contributed by atoms with van der Waals surface area (Å²) in [6, 6.07) is 8.11. The quantitative estimate of drug-likeness (QED) is 0.524. The zero-order valence-electron chi connectivity index (χ0n) is 18.4. The predicted molar refractivity (Wildman–Crippen MR) is 119 cm³/mol. The number of halogens is 1. The van der Waals surface area contributed by atoms with Crippen molar-refractivity contribution in [2.75, 3.05) is 49.0 Å². The summed E-state index contributed by atoms with van der Waals surface area (Å²) in [4.78, 5) is 8.67. The van der Waals surface area contributed by atoms with E-state index < -0.39 is 0 Å². The van der Waals surface area contributed by atoms with E-state index in [4.69, 9.17) is 21.1 Å². The minimum Gasteiger partial charge on any atom is -0.493 e. The van der Waals surface area contributed by atoms with Gasteiger partial charge in [0.1, 0.15) is 0 Å². The highest BCUT2D eigenvalue weighted by atomic mass is 35.5. The van der Waals surface area contributed by atoms with Gasteiger partial charge in [0.25, 0.3) is 0 Å². The highest BCUT2D eigenvalue weighted by Crippen LogP contribution is 2.31. The molecule has 1 N–H and O–H groups in total. The summed E-state index contributed by atoms with van der Waals surface area (Å²) in [7, 11) is 13.2. The Morgan fingerprint density at radius 1 is 1.17 bits per heavy atom. The van der Waals surface area contributed by atoms with Crippen molar-refractivity contribution in [2.24, 2.45) is 12.0 Å². The van der Waals surface area contributed by atoms with Crippen molar-refractivity contribution in [3.05, 3.63) is 46.7 Å². The molecule has 160 valence electrons. The molecule has 0 fully saturated rings. The zero-order valence-corrected chi connectivity index (χ0v) is 19.1. The number of likely N-dealkylation sites (N-methyl/N-ethyl adjacent to an activating group) is 1. The topological polar surface area (TPSA) is 54.3 Å². The summed E-state index contributed by atoms with van der Waals surface area (Å²) in [5.41, 5.74) is 2.25. The number of methoxy groups -OCH3 is 2. The number of rotatable bonds is 8. The van der Waals surface area contributed by atoms with E-state index in [1.54, 1.807) is 21.3 Å². The van der Waals surface area contributed by atoms with E-state index in [1.807, 2.05) is 43.1 Å². The van der Waals surface area contributed by atoms with Gasteiger partial charge in [0.15, 0.2) is 17.5 Å². The fourth-order valence-electron chi connectivity index (χ4n) is 3.27. The first kappa shape index (κ1) is 22.9. The number of aryl methyl sites for hydroxylation is 1. The van der Waals surface area contributed by atoms with Crippen LogP contribution >= 0.6 is 11.6 Å². The number of benzene rings is 1. The molecule has 8 heteroatoms. The molecule has 0 aliphatic rings. The number of guanidine groups is 1. The van der Waals surface area contributed by atoms with Gasteiger partial charge in [0.05, 0.1) is 31.8 Å². The number of ether oxygens (including phenoxy) is 2. The molecule has 29 heavy (non-hydrogen) atoms. The first-order valence-corrected chi connectivity index (χ1v) is 9.79. The van der Waals surface area contributed by atoms with Crippen LogP contribution in [-0.4, -0.2) is 69.3 Å². The molecule has 1 aromatic heterocycles. The highest BCUT2D eigenvalue weighted by molar-refractivity contribution is 6.30. The van der Waals surface area contributed by atoms with Crippen LogP contribution in [-0.2, 0) is 13.6 Å². The third-order valence-electron chi connectivity index (χ3n) is 4.92. The average Bonchev–Trinajstić information content (AvgIpc) is 3.01.